The summed E-state index contributed by atoms with van der Waals surface area (Å²) in [5.74, 6) is -0.568. The summed E-state index contributed by atoms with van der Waals surface area (Å²) >= 11 is 1.55. The number of hydrogen-bond donors (Lipinski definition) is 2. The topological polar surface area (TPSA) is 75.6 Å². The minimum atomic E-state index is -0.991. The van der Waals surface area contributed by atoms with E-state index in [-0.39, 0.29) is 12.3 Å². The Kier molecular flexibility index (Phi) is 8.12. The van der Waals surface area contributed by atoms with E-state index in [4.69, 9.17) is 9.84 Å². The number of ether oxygens (including phenoxy) is 1. The summed E-state index contributed by atoms with van der Waals surface area (Å²) in [6.45, 7) is 0.306. The van der Waals surface area contributed by atoms with Gasteiger partial charge in [-0.25, -0.2) is 4.79 Å². The molecule has 0 radical (unpaired) electrons. The molecule has 0 aliphatic carbocycles. The predicted molar refractivity (Wildman–Crippen MR) is 59.1 cm³/mol. The second-order valence-corrected chi connectivity index (χ2v) is 3.97. The molecule has 0 aromatic rings. The fourth-order valence-electron chi connectivity index (χ4n) is 0.954. The number of amides is 1. The highest BCUT2D eigenvalue weighted by atomic mass is 32.2. The number of carboxylic acids is 1. The number of hydrogen-bond acceptors (Lipinski definition) is 4. The second kappa shape index (κ2) is 8.55. The molecule has 0 fully saturated rings. The number of thioether (sulfide) groups is 1. The molecule has 0 bridgehead atoms. The van der Waals surface area contributed by atoms with E-state index in [0.29, 0.717) is 18.8 Å². The lowest BCUT2D eigenvalue weighted by Gasteiger charge is -2.13. The number of rotatable bonds is 8. The van der Waals surface area contributed by atoms with Gasteiger partial charge in [0.25, 0.3) is 0 Å². The maximum absolute atomic E-state index is 11.2. The molecule has 2 N–H and O–H groups in total. The van der Waals surface area contributed by atoms with Crippen LogP contribution in [-0.4, -0.2) is 48.8 Å². The molecule has 1 unspecified atom stereocenters. The van der Waals surface area contributed by atoms with Crippen molar-refractivity contribution in [2.45, 2.75) is 18.9 Å². The summed E-state index contributed by atoms with van der Waals surface area (Å²) in [5, 5.41) is 11.3. The van der Waals surface area contributed by atoms with Crippen molar-refractivity contribution in [2.75, 3.05) is 25.7 Å². The second-order valence-electron chi connectivity index (χ2n) is 2.98. The molecular formula is C9H17NO4S. The zero-order chi connectivity index (χ0) is 11.7. The van der Waals surface area contributed by atoms with Gasteiger partial charge in [-0.05, 0) is 18.4 Å². The SMILES string of the molecule is COCCC(=O)NC(CCSC)C(=O)O. The van der Waals surface area contributed by atoms with Crippen molar-refractivity contribution in [3.8, 4) is 0 Å². The number of carboxylic acid groups (broad SMARTS) is 1. The maximum Gasteiger partial charge on any atom is 0.326 e. The van der Waals surface area contributed by atoms with Crippen LogP contribution in [0.2, 0.25) is 0 Å². The number of carbonyl (C=O) groups is 2. The van der Waals surface area contributed by atoms with Gasteiger partial charge in [-0.2, -0.15) is 11.8 Å². The van der Waals surface area contributed by atoms with E-state index in [9.17, 15) is 9.59 Å². The number of methoxy groups -OCH3 is 1. The Morgan fingerprint density at radius 1 is 1.53 bits per heavy atom. The van der Waals surface area contributed by atoms with Gasteiger partial charge in [-0.1, -0.05) is 0 Å². The highest BCUT2D eigenvalue weighted by molar-refractivity contribution is 7.98. The quantitative estimate of drug-likeness (QED) is 0.634. The highest BCUT2D eigenvalue weighted by Gasteiger charge is 2.18. The molecule has 88 valence electrons. The van der Waals surface area contributed by atoms with Gasteiger partial charge in [-0.15, -0.1) is 0 Å². The van der Waals surface area contributed by atoms with Crippen LogP contribution in [-0.2, 0) is 14.3 Å². The first-order valence-corrected chi connectivity index (χ1v) is 6.01. The summed E-state index contributed by atoms with van der Waals surface area (Å²) in [6, 6.07) is -0.790. The Balaban J connectivity index is 3.93. The first kappa shape index (κ1) is 14.2. The van der Waals surface area contributed by atoms with E-state index in [2.05, 4.69) is 5.32 Å². The molecule has 15 heavy (non-hydrogen) atoms. The lowest BCUT2D eigenvalue weighted by molar-refractivity contribution is -0.142. The average Bonchev–Trinajstić information content (AvgIpc) is 2.20. The van der Waals surface area contributed by atoms with Gasteiger partial charge >= 0.3 is 5.97 Å². The normalized spacial score (nSPS) is 12.1. The molecule has 1 amide bonds. The van der Waals surface area contributed by atoms with Crippen molar-refractivity contribution in [3.05, 3.63) is 0 Å². The number of carbonyl (C=O) groups excluding carboxylic acids is 1. The molecule has 0 rings (SSSR count). The summed E-state index contributed by atoms with van der Waals surface area (Å²) in [5.41, 5.74) is 0. The van der Waals surface area contributed by atoms with Crippen LogP contribution >= 0.6 is 11.8 Å². The highest BCUT2D eigenvalue weighted by Crippen LogP contribution is 2.01. The predicted octanol–water partition coefficient (Wildman–Crippen LogP) is 0.345. The van der Waals surface area contributed by atoms with E-state index in [1.54, 1.807) is 11.8 Å². The molecule has 6 heteroatoms. The van der Waals surface area contributed by atoms with Gasteiger partial charge in [0.05, 0.1) is 6.61 Å². The van der Waals surface area contributed by atoms with E-state index in [1.165, 1.54) is 7.11 Å². The van der Waals surface area contributed by atoms with Crippen molar-refractivity contribution in [2.24, 2.45) is 0 Å². The van der Waals surface area contributed by atoms with Crippen LogP contribution in [0.3, 0.4) is 0 Å². The zero-order valence-corrected chi connectivity index (χ0v) is 9.80. The van der Waals surface area contributed by atoms with Crippen molar-refractivity contribution in [1.82, 2.24) is 5.32 Å². The fraction of sp³-hybridized carbons (Fsp3) is 0.778. The molecule has 0 saturated heterocycles. The maximum atomic E-state index is 11.2. The van der Waals surface area contributed by atoms with Gasteiger partial charge in [0.2, 0.25) is 5.91 Å². The van der Waals surface area contributed by atoms with Crippen LogP contribution in [0.25, 0.3) is 0 Å². The molecule has 0 aromatic heterocycles. The average molecular weight is 235 g/mol. The van der Waals surface area contributed by atoms with Crippen molar-refractivity contribution >= 4 is 23.6 Å². The van der Waals surface area contributed by atoms with Crippen LogP contribution in [0.5, 0.6) is 0 Å². The third kappa shape index (κ3) is 7.21. The number of nitrogens with one attached hydrogen (secondary N) is 1. The molecule has 0 heterocycles. The third-order valence-corrected chi connectivity index (χ3v) is 2.42. The van der Waals surface area contributed by atoms with Gasteiger partial charge in [0.15, 0.2) is 0 Å². The Labute approximate surface area is 93.6 Å². The molecule has 0 saturated carbocycles. The molecule has 1 atom stereocenters. The lowest BCUT2D eigenvalue weighted by atomic mass is 10.2. The third-order valence-electron chi connectivity index (χ3n) is 1.78. The van der Waals surface area contributed by atoms with E-state index >= 15 is 0 Å². The van der Waals surface area contributed by atoms with Crippen molar-refractivity contribution < 1.29 is 19.4 Å². The van der Waals surface area contributed by atoms with Crippen LogP contribution in [0.15, 0.2) is 0 Å². The van der Waals surface area contributed by atoms with Crippen LogP contribution in [0.4, 0.5) is 0 Å². The largest absolute Gasteiger partial charge is 0.480 e. The standard InChI is InChI=1S/C9H17NO4S/c1-14-5-3-8(11)10-7(9(12)13)4-6-15-2/h7H,3-6H2,1-2H3,(H,10,11)(H,12,13). The van der Waals surface area contributed by atoms with Gasteiger partial charge < -0.3 is 15.2 Å². The Bertz CT molecular complexity index is 210. The van der Waals surface area contributed by atoms with Crippen LogP contribution in [0.1, 0.15) is 12.8 Å². The van der Waals surface area contributed by atoms with Crippen LogP contribution in [0, 0.1) is 0 Å². The number of aliphatic carboxylic acids is 1. The summed E-state index contributed by atoms with van der Waals surface area (Å²) < 4.78 is 4.72. The fourth-order valence-corrected chi connectivity index (χ4v) is 1.43. The first-order chi connectivity index (χ1) is 7.11. The molecule has 0 aromatic carbocycles. The summed E-state index contributed by atoms with van der Waals surface area (Å²) in [7, 11) is 1.50. The van der Waals surface area contributed by atoms with E-state index < -0.39 is 12.0 Å². The van der Waals surface area contributed by atoms with Gasteiger partial charge in [0.1, 0.15) is 6.04 Å². The van der Waals surface area contributed by atoms with Gasteiger partial charge in [-0.3, -0.25) is 4.79 Å². The monoisotopic (exact) mass is 235 g/mol. The smallest absolute Gasteiger partial charge is 0.326 e. The van der Waals surface area contributed by atoms with E-state index in [1.807, 2.05) is 6.26 Å². The zero-order valence-electron chi connectivity index (χ0n) is 8.99. The van der Waals surface area contributed by atoms with Gasteiger partial charge in [0, 0.05) is 13.5 Å². The summed E-state index contributed by atoms with van der Waals surface area (Å²) in [4.78, 5) is 22.0. The van der Waals surface area contributed by atoms with Crippen molar-refractivity contribution in [1.29, 1.82) is 0 Å². The van der Waals surface area contributed by atoms with E-state index in [0.717, 1.165) is 0 Å². The molecule has 0 aliphatic rings. The molecule has 0 spiro atoms. The van der Waals surface area contributed by atoms with Crippen LogP contribution < -0.4 is 5.32 Å². The molecular weight excluding hydrogens is 218 g/mol. The first-order valence-electron chi connectivity index (χ1n) is 4.61. The molecule has 0 aliphatic heterocycles. The minimum absolute atomic E-state index is 0.194. The van der Waals surface area contributed by atoms with Crippen molar-refractivity contribution in [3.63, 3.8) is 0 Å². The molecule has 5 nitrogen and oxygen atoms in total. The Morgan fingerprint density at radius 3 is 2.67 bits per heavy atom. The minimum Gasteiger partial charge on any atom is -0.480 e. The Hall–Kier alpha value is -0.750. The Morgan fingerprint density at radius 2 is 2.20 bits per heavy atom. The lowest BCUT2D eigenvalue weighted by Crippen LogP contribution is -2.41. The summed E-state index contributed by atoms with van der Waals surface area (Å²) in [6.07, 6.45) is 2.53.